The van der Waals surface area contributed by atoms with Gasteiger partial charge in [0.05, 0.1) is 11.1 Å². The van der Waals surface area contributed by atoms with Gasteiger partial charge in [0.2, 0.25) is 5.91 Å². The average molecular weight is 330 g/mol. The highest BCUT2D eigenvalue weighted by atomic mass is 79.9. The first-order valence-electron chi connectivity index (χ1n) is 5.41. The molecule has 0 aliphatic heterocycles. The molecular formula is C12H12BrNO5. The second-order valence-electron chi connectivity index (χ2n) is 3.75. The van der Waals surface area contributed by atoms with E-state index in [4.69, 9.17) is 10.2 Å². The summed E-state index contributed by atoms with van der Waals surface area (Å²) in [5.41, 5.74) is -0.205. The van der Waals surface area contributed by atoms with E-state index >= 15 is 0 Å². The lowest BCUT2D eigenvalue weighted by molar-refractivity contribution is -0.116. The van der Waals surface area contributed by atoms with Gasteiger partial charge in [0.1, 0.15) is 0 Å². The summed E-state index contributed by atoms with van der Waals surface area (Å²) < 4.78 is 0. The minimum absolute atomic E-state index is 0.164. The van der Waals surface area contributed by atoms with Gasteiger partial charge in [-0.15, -0.1) is 0 Å². The van der Waals surface area contributed by atoms with Crippen LogP contribution in [0.2, 0.25) is 0 Å². The first kappa shape index (κ1) is 15.2. The van der Waals surface area contributed by atoms with Gasteiger partial charge in [0, 0.05) is 17.4 Å². The van der Waals surface area contributed by atoms with Gasteiger partial charge in [-0.2, -0.15) is 0 Å². The molecule has 19 heavy (non-hydrogen) atoms. The maximum absolute atomic E-state index is 11.5. The predicted octanol–water partition coefficient (Wildman–Crippen LogP) is 2.20. The third kappa shape index (κ3) is 4.70. The fourth-order valence-electron chi connectivity index (χ4n) is 1.40. The summed E-state index contributed by atoms with van der Waals surface area (Å²) in [6.45, 7) is 0. The van der Waals surface area contributed by atoms with E-state index in [1.807, 2.05) is 0 Å². The van der Waals surface area contributed by atoms with Gasteiger partial charge in [0.15, 0.2) is 0 Å². The summed E-state index contributed by atoms with van der Waals surface area (Å²) in [4.78, 5) is 33.3. The van der Waals surface area contributed by atoms with Crippen LogP contribution in [0.5, 0.6) is 0 Å². The highest BCUT2D eigenvalue weighted by Gasteiger charge is 2.12. The Morgan fingerprint density at radius 2 is 1.58 bits per heavy atom. The fourth-order valence-corrected chi connectivity index (χ4v) is 1.68. The van der Waals surface area contributed by atoms with E-state index in [2.05, 4.69) is 21.2 Å². The van der Waals surface area contributed by atoms with Crippen molar-refractivity contribution < 1.29 is 24.6 Å². The van der Waals surface area contributed by atoms with E-state index in [9.17, 15) is 14.4 Å². The van der Waals surface area contributed by atoms with Gasteiger partial charge in [-0.05, 0) is 24.6 Å². The van der Waals surface area contributed by atoms with E-state index in [0.717, 1.165) is 6.07 Å². The molecular weight excluding hydrogens is 318 g/mol. The fraction of sp³-hybridized carbons (Fsp3) is 0.250. The SMILES string of the molecule is O=C(CCCBr)Nc1cc(C(=O)O)cc(C(=O)O)c1. The largest absolute Gasteiger partial charge is 0.478 e. The Morgan fingerprint density at radius 1 is 1.05 bits per heavy atom. The molecule has 102 valence electrons. The Hall–Kier alpha value is -1.89. The van der Waals surface area contributed by atoms with Crippen LogP contribution in [-0.2, 0) is 4.79 Å². The number of carbonyl (C=O) groups is 3. The van der Waals surface area contributed by atoms with Crippen molar-refractivity contribution in [2.75, 3.05) is 10.6 Å². The van der Waals surface area contributed by atoms with Crippen LogP contribution in [0.1, 0.15) is 33.6 Å². The number of carboxylic acids is 2. The second-order valence-corrected chi connectivity index (χ2v) is 4.54. The topological polar surface area (TPSA) is 104 Å². The summed E-state index contributed by atoms with van der Waals surface area (Å²) in [6, 6.07) is 3.49. The minimum Gasteiger partial charge on any atom is -0.478 e. The highest BCUT2D eigenvalue weighted by molar-refractivity contribution is 9.09. The molecule has 0 radical (unpaired) electrons. The summed E-state index contributed by atoms with van der Waals surface area (Å²) in [5.74, 6) is -2.79. The zero-order valence-corrected chi connectivity index (χ0v) is 11.4. The van der Waals surface area contributed by atoms with E-state index in [-0.39, 0.29) is 29.1 Å². The van der Waals surface area contributed by atoms with Crippen LogP contribution in [0.4, 0.5) is 5.69 Å². The van der Waals surface area contributed by atoms with Crippen LogP contribution in [-0.4, -0.2) is 33.4 Å². The van der Waals surface area contributed by atoms with E-state index in [1.54, 1.807) is 0 Å². The molecule has 0 aromatic heterocycles. The number of hydrogen-bond donors (Lipinski definition) is 3. The second kappa shape index (κ2) is 6.89. The first-order chi connectivity index (χ1) is 8.93. The number of halogens is 1. The van der Waals surface area contributed by atoms with Crippen LogP contribution in [0.25, 0.3) is 0 Å². The third-order valence-corrected chi connectivity index (χ3v) is 2.81. The van der Waals surface area contributed by atoms with E-state index in [0.29, 0.717) is 11.8 Å². The van der Waals surface area contributed by atoms with Crippen LogP contribution in [0.3, 0.4) is 0 Å². The molecule has 0 spiro atoms. The molecule has 0 aliphatic rings. The number of rotatable bonds is 6. The van der Waals surface area contributed by atoms with Gasteiger partial charge in [-0.3, -0.25) is 4.79 Å². The number of nitrogens with one attached hydrogen (secondary N) is 1. The molecule has 0 saturated carbocycles. The summed E-state index contributed by atoms with van der Waals surface area (Å²) in [6.07, 6.45) is 0.904. The monoisotopic (exact) mass is 329 g/mol. The molecule has 0 fully saturated rings. The molecule has 7 heteroatoms. The Bertz CT molecular complexity index is 483. The van der Waals surface area contributed by atoms with Crippen molar-refractivity contribution in [3.63, 3.8) is 0 Å². The van der Waals surface area contributed by atoms with Gasteiger partial charge < -0.3 is 15.5 Å². The molecule has 1 aromatic carbocycles. The minimum atomic E-state index is -1.25. The third-order valence-electron chi connectivity index (χ3n) is 2.25. The number of anilines is 1. The van der Waals surface area contributed by atoms with Crippen molar-refractivity contribution in [1.82, 2.24) is 0 Å². The predicted molar refractivity (Wildman–Crippen MR) is 72.0 cm³/mol. The van der Waals surface area contributed by atoms with Crippen LogP contribution in [0.15, 0.2) is 18.2 Å². The van der Waals surface area contributed by atoms with Crippen molar-refractivity contribution >= 4 is 39.5 Å². The Morgan fingerprint density at radius 3 is 2.00 bits per heavy atom. The van der Waals surface area contributed by atoms with Crippen LogP contribution >= 0.6 is 15.9 Å². The lowest BCUT2D eigenvalue weighted by atomic mass is 10.1. The van der Waals surface area contributed by atoms with Crippen LogP contribution in [0, 0.1) is 0 Å². The summed E-state index contributed by atoms with van der Waals surface area (Å²) in [7, 11) is 0. The number of benzene rings is 1. The lowest BCUT2D eigenvalue weighted by Crippen LogP contribution is -2.13. The van der Waals surface area contributed by atoms with E-state index < -0.39 is 11.9 Å². The molecule has 0 saturated heterocycles. The molecule has 3 N–H and O–H groups in total. The average Bonchev–Trinajstić information content (AvgIpc) is 2.35. The number of amides is 1. The maximum Gasteiger partial charge on any atom is 0.335 e. The van der Waals surface area contributed by atoms with Crippen molar-refractivity contribution in [3.8, 4) is 0 Å². The van der Waals surface area contributed by atoms with Crippen molar-refractivity contribution in [3.05, 3.63) is 29.3 Å². The summed E-state index contributed by atoms with van der Waals surface area (Å²) >= 11 is 3.19. The number of carbonyl (C=O) groups excluding carboxylic acids is 1. The normalized spacial score (nSPS) is 9.95. The molecule has 1 rings (SSSR count). The highest BCUT2D eigenvalue weighted by Crippen LogP contribution is 2.16. The molecule has 0 heterocycles. The standard InChI is InChI=1S/C12H12BrNO5/c13-3-1-2-10(15)14-9-5-7(11(16)17)4-8(6-9)12(18)19/h4-6H,1-3H2,(H,14,15)(H,16,17)(H,18,19). The zero-order valence-electron chi connectivity index (χ0n) is 9.85. The molecule has 0 unspecified atom stereocenters. The molecule has 1 aromatic rings. The molecule has 0 bridgehead atoms. The Labute approximate surface area is 117 Å². The number of carboxylic acid groups (broad SMARTS) is 2. The molecule has 0 atom stereocenters. The van der Waals surface area contributed by atoms with Crippen LogP contribution < -0.4 is 5.32 Å². The number of hydrogen-bond acceptors (Lipinski definition) is 3. The summed E-state index contributed by atoms with van der Waals surface area (Å²) in [5, 5.41) is 20.9. The number of alkyl halides is 1. The van der Waals surface area contributed by atoms with Gasteiger partial charge >= 0.3 is 11.9 Å². The first-order valence-corrected chi connectivity index (χ1v) is 6.53. The van der Waals surface area contributed by atoms with Gasteiger partial charge in [-0.25, -0.2) is 9.59 Å². The number of aromatic carboxylic acids is 2. The lowest BCUT2D eigenvalue weighted by Gasteiger charge is -2.07. The van der Waals surface area contributed by atoms with Gasteiger partial charge in [0.25, 0.3) is 0 Å². The smallest absolute Gasteiger partial charge is 0.335 e. The molecule has 6 nitrogen and oxygen atoms in total. The van der Waals surface area contributed by atoms with Crippen molar-refractivity contribution in [2.24, 2.45) is 0 Å². The molecule has 1 amide bonds. The Kier molecular flexibility index (Phi) is 5.50. The Balaban J connectivity index is 2.96. The quantitative estimate of drug-likeness (QED) is 0.694. The van der Waals surface area contributed by atoms with Crippen molar-refractivity contribution in [1.29, 1.82) is 0 Å². The van der Waals surface area contributed by atoms with Crippen molar-refractivity contribution in [2.45, 2.75) is 12.8 Å². The zero-order chi connectivity index (χ0) is 14.4. The van der Waals surface area contributed by atoms with Gasteiger partial charge in [-0.1, -0.05) is 15.9 Å². The maximum atomic E-state index is 11.5. The molecule has 0 aliphatic carbocycles. The van der Waals surface area contributed by atoms with E-state index in [1.165, 1.54) is 12.1 Å².